The monoisotopic (exact) mass is 454 g/mol. The third-order valence-electron chi connectivity index (χ3n) is 7.19. The molecule has 0 radical (unpaired) electrons. The van der Waals surface area contributed by atoms with E-state index in [2.05, 4.69) is 17.1 Å². The fourth-order valence-electron chi connectivity index (χ4n) is 5.28. The number of carbonyl (C=O) groups excluding carboxylic acids is 1. The lowest BCUT2D eigenvalue weighted by atomic mass is 9.78. The molecule has 0 bridgehead atoms. The molecule has 1 unspecified atom stereocenters. The molecule has 32 heavy (non-hydrogen) atoms. The van der Waals surface area contributed by atoms with Gasteiger partial charge in [-0.25, -0.2) is 0 Å². The molecule has 1 aliphatic heterocycles. The molecule has 1 aliphatic carbocycles. The van der Waals surface area contributed by atoms with Crippen LogP contribution in [0.1, 0.15) is 63.9 Å². The van der Waals surface area contributed by atoms with Crippen LogP contribution < -0.4 is 10.1 Å². The van der Waals surface area contributed by atoms with Gasteiger partial charge in [-0.2, -0.15) is 0 Å². The third kappa shape index (κ3) is 5.29. The first-order chi connectivity index (χ1) is 15.6. The molecule has 2 aromatic rings. The number of ether oxygens (including phenoxy) is 1. The number of piperidine rings is 1. The number of nitrogens with one attached hydrogen (secondary N) is 1. The zero-order valence-corrected chi connectivity index (χ0v) is 19.9. The predicted octanol–water partition coefficient (Wildman–Crippen LogP) is 6.43. The minimum absolute atomic E-state index is 0.0346. The maximum Gasteiger partial charge on any atom is 0.235 e. The van der Waals surface area contributed by atoms with Crippen molar-refractivity contribution in [3.8, 4) is 5.75 Å². The van der Waals surface area contributed by atoms with Gasteiger partial charge in [-0.1, -0.05) is 49.1 Å². The molecule has 2 fully saturated rings. The van der Waals surface area contributed by atoms with Crippen molar-refractivity contribution in [1.82, 2.24) is 4.90 Å². The summed E-state index contributed by atoms with van der Waals surface area (Å²) >= 11 is 6.48. The maximum absolute atomic E-state index is 13.4. The molecule has 2 aromatic carbocycles. The van der Waals surface area contributed by atoms with E-state index in [4.69, 9.17) is 16.3 Å². The average molecular weight is 455 g/mol. The van der Waals surface area contributed by atoms with Crippen LogP contribution in [0.15, 0.2) is 48.5 Å². The second kappa shape index (κ2) is 10.7. The van der Waals surface area contributed by atoms with Gasteiger partial charge in [-0.05, 0) is 81.5 Å². The number of nitrogens with zero attached hydrogens (tertiary/aromatic N) is 1. The predicted molar refractivity (Wildman–Crippen MR) is 132 cm³/mol. The molecule has 0 aromatic heterocycles. The lowest BCUT2D eigenvalue weighted by Crippen LogP contribution is -2.38. The molecular formula is C27H35ClN2O2. The summed E-state index contributed by atoms with van der Waals surface area (Å²) < 4.78 is 5.94. The Morgan fingerprint density at radius 3 is 2.56 bits per heavy atom. The lowest BCUT2D eigenvalue weighted by Gasteiger charge is -2.33. The summed E-state index contributed by atoms with van der Waals surface area (Å²) in [5.41, 5.74) is 1.20. The van der Waals surface area contributed by atoms with E-state index in [1.54, 1.807) is 0 Å². The number of hydrogen-bond donors (Lipinski definition) is 1. The van der Waals surface area contributed by atoms with Crippen molar-refractivity contribution in [2.45, 2.75) is 69.7 Å². The summed E-state index contributed by atoms with van der Waals surface area (Å²) in [5.74, 6) is 0.879. The summed E-state index contributed by atoms with van der Waals surface area (Å²) in [4.78, 5) is 15.9. The molecule has 1 amide bonds. The molecule has 1 atom stereocenters. The van der Waals surface area contributed by atoms with E-state index < -0.39 is 5.41 Å². The van der Waals surface area contributed by atoms with Crippen LogP contribution in [0.25, 0.3) is 0 Å². The highest BCUT2D eigenvalue weighted by atomic mass is 35.5. The van der Waals surface area contributed by atoms with Crippen LogP contribution in [-0.4, -0.2) is 36.5 Å². The van der Waals surface area contributed by atoms with Gasteiger partial charge in [0.25, 0.3) is 0 Å². The van der Waals surface area contributed by atoms with Gasteiger partial charge < -0.3 is 15.0 Å². The topological polar surface area (TPSA) is 41.6 Å². The molecule has 5 heteroatoms. The highest BCUT2D eigenvalue weighted by Crippen LogP contribution is 2.44. The maximum atomic E-state index is 13.4. The first-order valence-electron chi connectivity index (χ1n) is 12.1. The minimum Gasteiger partial charge on any atom is -0.494 e. The Labute approximate surface area is 197 Å². The van der Waals surface area contributed by atoms with E-state index in [-0.39, 0.29) is 5.91 Å². The Balaban J connectivity index is 1.31. The average Bonchev–Trinajstić information content (AvgIpc) is 3.30. The van der Waals surface area contributed by atoms with Crippen LogP contribution in [0.3, 0.4) is 0 Å². The number of benzene rings is 2. The van der Waals surface area contributed by atoms with Crippen LogP contribution >= 0.6 is 11.6 Å². The van der Waals surface area contributed by atoms with Gasteiger partial charge in [-0.15, -0.1) is 0 Å². The molecule has 4 nitrogen and oxygen atoms in total. The van der Waals surface area contributed by atoms with Crippen molar-refractivity contribution in [3.63, 3.8) is 0 Å². The molecule has 0 spiro atoms. The first-order valence-corrected chi connectivity index (χ1v) is 12.5. The van der Waals surface area contributed by atoms with E-state index in [0.717, 1.165) is 55.6 Å². The molecule has 172 valence electrons. The number of hydrogen-bond acceptors (Lipinski definition) is 3. The number of anilines is 1. The third-order valence-corrected chi connectivity index (χ3v) is 7.52. The zero-order chi connectivity index (χ0) is 22.4. The molecule has 1 N–H and O–H groups in total. The molecule has 1 saturated carbocycles. The van der Waals surface area contributed by atoms with E-state index in [1.807, 2.05) is 48.5 Å². The van der Waals surface area contributed by atoms with E-state index in [1.165, 1.54) is 25.8 Å². The van der Waals surface area contributed by atoms with Gasteiger partial charge in [0.2, 0.25) is 5.91 Å². The van der Waals surface area contributed by atoms with Gasteiger partial charge >= 0.3 is 0 Å². The summed E-state index contributed by atoms with van der Waals surface area (Å²) in [6, 6.07) is 16.2. The molecular weight excluding hydrogens is 420 g/mol. The van der Waals surface area contributed by atoms with Gasteiger partial charge in [0.1, 0.15) is 5.75 Å². The van der Waals surface area contributed by atoms with Crippen LogP contribution in [0.5, 0.6) is 5.75 Å². The Bertz CT molecular complexity index is 893. The fraction of sp³-hybridized carbons (Fsp3) is 0.519. The smallest absolute Gasteiger partial charge is 0.235 e. The highest BCUT2D eigenvalue weighted by molar-refractivity contribution is 6.31. The lowest BCUT2D eigenvalue weighted by molar-refractivity contribution is -0.121. The van der Waals surface area contributed by atoms with E-state index in [0.29, 0.717) is 17.7 Å². The SMILES string of the molecule is CC1CCCCN1CCCOc1ccc(NC(=O)C2(c3ccccc3Cl)CCCC2)cc1. The van der Waals surface area contributed by atoms with E-state index in [9.17, 15) is 4.79 Å². The van der Waals surface area contributed by atoms with Gasteiger partial charge in [-0.3, -0.25) is 4.79 Å². The largest absolute Gasteiger partial charge is 0.494 e. The number of carbonyl (C=O) groups is 1. The van der Waals surface area contributed by atoms with Gasteiger partial charge in [0.15, 0.2) is 0 Å². The van der Waals surface area contributed by atoms with Crippen molar-refractivity contribution in [2.24, 2.45) is 0 Å². The van der Waals surface area contributed by atoms with Crippen molar-refractivity contribution in [3.05, 3.63) is 59.1 Å². The van der Waals surface area contributed by atoms with Crippen LogP contribution in [0.2, 0.25) is 5.02 Å². The van der Waals surface area contributed by atoms with Crippen molar-refractivity contribution >= 4 is 23.2 Å². The normalized spacial score (nSPS) is 20.8. The Morgan fingerprint density at radius 2 is 1.84 bits per heavy atom. The van der Waals surface area contributed by atoms with Crippen LogP contribution in [-0.2, 0) is 10.2 Å². The van der Waals surface area contributed by atoms with Crippen molar-refractivity contribution in [2.75, 3.05) is 25.0 Å². The summed E-state index contributed by atoms with van der Waals surface area (Å²) in [5, 5.41) is 3.81. The second-order valence-electron chi connectivity index (χ2n) is 9.33. The van der Waals surface area contributed by atoms with Gasteiger partial charge in [0, 0.05) is 23.3 Å². The molecule has 1 heterocycles. The number of likely N-dealkylation sites (tertiary alicyclic amines) is 1. The summed E-state index contributed by atoms with van der Waals surface area (Å²) in [6.07, 6.45) is 8.77. The number of rotatable bonds is 8. The van der Waals surface area contributed by atoms with Crippen LogP contribution in [0, 0.1) is 0 Å². The Morgan fingerprint density at radius 1 is 1.09 bits per heavy atom. The van der Waals surface area contributed by atoms with Crippen molar-refractivity contribution < 1.29 is 9.53 Å². The standard InChI is InChI=1S/C27H35ClN2O2/c1-21-9-4-7-18-30(21)19-8-20-32-23-14-12-22(13-15-23)29-26(31)27(16-5-6-17-27)24-10-2-3-11-25(24)28/h2-3,10-15,21H,4-9,16-20H2,1H3,(H,29,31). The summed E-state index contributed by atoms with van der Waals surface area (Å²) in [7, 11) is 0. The zero-order valence-electron chi connectivity index (χ0n) is 19.1. The summed E-state index contributed by atoms with van der Waals surface area (Å²) in [6.45, 7) is 5.35. The molecule has 1 saturated heterocycles. The quantitative estimate of drug-likeness (QED) is 0.467. The number of halogens is 1. The second-order valence-corrected chi connectivity index (χ2v) is 9.74. The van der Waals surface area contributed by atoms with E-state index >= 15 is 0 Å². The van der Waals surface area contributed by atoms with Gasteiger partial charge in [0.05, 0.1) is 12.0 Å². The highest BCUT2D eigenvalue weighted by Gasteiger charge is 2.43. The van der Waals surface area contributed by atoms with Crippen molar-refractivity contribution in [1.29, 1.82) is 0 Å². The number of amides is 1. The van der Waals surface area contributed by atoms with Crippen LogP contribution in [0.4, 0.5) is 5.69 Å². The molecule has 4 rings (SSSR count). The molecule has 2 aliphatic rings. The first kappa shape index (κ1) is 23.1. The fourth-order valence-corrected chi connectivity index (χ4v) is 5.60. The Hall–Kier alpha value is -2.04. The Kier molecular flexibility index (Phi) is 7.75. The minimum atomic E-state index is -0.543.